The van der Waals surface area contributed by atoms with Crippen LogP contribution in [0, 0.1) is 11.8 Å². The topological polar surface area (TPSA) is 26.3 Å². The third-order valence-electron chi connectivity index (χ3n) is 3.52. The van der Waals surface area contributed by atoms with Gasteiger partial charge in [0.25, 0.3) is 0 Å². The van der Waals surface area contributed by atoms with Crippen molar-refractivity contribution in [3.63, 3.8) is 0 Å². The van der Waals surface area contributed by atoms with Crippen molar-refractivity contribution in [1.82, 2.24) is 0 Å². The number of fused-ring (bicyclic) bond motifs is 2. The Kier molecular flexibility index (Phi) is 2.22. The molecule has 2 heteroatoms. The zero-order valence-corrected chi connectivity index (χ0v) is 8.53. The number of esters is 1. The minimum atomic E-state index is -0.284. The molecule has 2 aliphatic rings. The van der Waals surface area contributed by atoms with Crippen LogP contribution >= 0.6 is 0 Å². The minimum Gasteiger partial charge on any atom is -0.455 e. The lowest BCUT2D eigenvalue weighted by atomic mass is 9.85. The highest BCUT2D eigenvalue weighted by Gasteiger charge is 2.49. The van der Waals surface area contributed by atoms with Crippen LogP contribution in [0.2, 0.25) is 0 Å². The summed E-state index contributed by atoms with van der Waals surface area (Å²) in [6, 6.07) is 0. The van der Waals surface area contributed by atoms with E-state index in [9.17, 15) is 4.79 Å². The van der Waals surface area contributed by atoms with Gasteiger partial charge in [-0.3, -0.25) is 0 Å². The summed E-state index contributed by atoms with van der Waals surface area (Å²) in [6.07, 6.45) is 8.75. The van der Waals surface area contributed by atoms with Crippen LogP contribution in [-0.4, -0.2) is 11.6 Å². The number of ether oxygens (including phenoxy) is 1. The van der Waals surface area contributed by atoms with Crippen molar-refractivity contribution in [1.29, 1.82) is 0 Å². The Morgan fingerprint density at radius 3 is 2.93 bits per heavy atom. The van der Waals surface area contributed by atoms with Gasteiger partial charge in [-0.15, -0.1) is 0 Å². The molecular weight excluding hydrogens is 176 g/mol. The molecule has 0 amide bonds. The summed E-state index contributed by atoms with van der Waals surface area (Å²) < 4.78 is 5.52. The average Bonchev–Trinajstić information content (AvgIpc) is 2.77. The quantitative estimate of drug-likeness (QED) is 0.390. The van der Waals surface area contributed by atoms with Gasteiger partial charge in [-0.25, -0.2) is 4.79 Å². The van der Waals surface area contributed by atoms with E-state index in [0.717, 1.165) is 19.3 Å². The predicted molar refractivity (Wildman–Crippen MR) is 54.7 cm³/mol. The van der Waals surface area contributed by atoms with Crippen molar-refractivity contribution in [2.45, 2.75) is 31.8 Å². The Morgan fingerprint density at radius 1 is 1.71 bits per heavy atom. The Balaban J connectivity index is 2.15. The predicted octanol–water partition coefficient (Wildman–Crippen LogP) is 2.46. The molecule has 2 bridgehead atoms. The van der Waals surface area contributed by atoms with Crippen LogP contribution in [0.3, 0.4) is 0 Å². The Morgan fingerprint density at radius 2 is 2.50 bits per heavy atom. The van der Waals surface area contributed by atoms with E-state index in [4.69, 9.17) is 4.74 Å². The molecule has 0 N–H and O–H groups in total. The van der Waals surface area contributed by atoms with Crippen LogP contribution in [0.5, 0.6) is 0 Å². The molecule has 3 atom stereocenters. The number of carbonyl (C=O) groups excluding carboxylic acids is 1. The molecule has 2 rings (SSSR count). The summed E-state index contributed by atoms with van der Waals surface area (Å²) in [6.45, 7) is 5.53. The standard InChI is InChI=1S/C12H16O2/c1-3-11(13)14-12(4-2)8-9-5-6-10(12)7-9/h3,5-6,9-10H,1,4,7-8H2,2H3. The van der Waals surface area contributed by atoms with E-state index >= 15 is 0 Å². The second kappa shape index (κ2) is 3.26. The van der Waals surface area contributed by atoms with Gasteiger partial charge in [-0.05, 0) is 25.2 Å². The highest BCUT2D eigenvalue weighted by atomic mass is 16.6. The van der Waals surface area contributed by atoms with Gasteiger partial charge >= 0.3 is 5.97 Å². The summed E-state index contributed by atoms with van der Waals surface area (Å²) in [4.78, 5) is 11.2. The van der Waals surface area contributed by atoms with E-state index in [1.807, 2.05) is 0 Å². The number of hydrogen-bond donors (Lipinski definition) is 0. The fourth-order valence-electron chi connectivity index (χ4n) is 2.75. The lowest BCUT2D eigenvalue weighted by Crippen LogP contribution is -2.38. The molecule has 1 saturated carbocycles. The van der Waals surface area contributed by atoms with Crippen LogP contribution in [-0.2, 0) is 9.53 Å². The highest BCUT2D eigenvalue weighted by Crippen LogP contribution is 2.50. The van der Waals surface area contributed by atoms with E-state index in [2.05, 4.69) is 25.7 Å². The molecule has 0 radical (unpaired) electrons. The van der Waals surface area contributed by atoms with Crippen molar-refractivity contribution in [3.05, 3.63) is 24.8 Å². The molecule has 76 valence electrons. The Bertz CT molecular complexity index is 293. The molecule has 0 aliphatic heterocycles. The van der Waals surface area contributed by atoms with Crippen LogP contribution in [0.4, 0.5) is 0 Å². The van der Waals surface area contributed by atoms with Gasteiger partial charge in [0, 0.05) is 12.0 Å². The summed E-state index contributed by atoms with van der Waals surface area (Å²) >= 11 is 0. The Hall–Kier alpha value is -1.05. The second-order valence-corrected chi connectivity index (χ2v) is 4.23. The van der Waals surface area contributed by atoms with Crippen LogP contribution in [0.1, 0.15) is 26.2 Å². The van der Waals surface area contributed by atoms with Crippen molar-refractivity contribution in [3.8, 4) is 0 Å². The molecule has 0 aromatic carbocycles. The molecule has 0 spiro atoms. The van der Waals surface area contributed by atoms with Gasteiger partial charge in [-0.1, -0.05) is 25.7 Å². The van der Waals surface area contributed by atoms with Crippen molar-refractivity contribution in [2.24, 2.45) is 11.8 Å². The first-order valence-electron chi connectivity index (χ1n) is 5.24. The Labute approximate surface area is 84.6 Å². The molecule has 1 fully saturated rings. The third-order valence-corrected chi connectivity index (χ3v) is 3.52. The monoisotopic (exact) mass is 192 g/mol. The van der Waals surface area contributed by atoms with E-state index < -0.39 is 0 Å². The molecule has 0 heterocycles. The molecule has 2 nitrogen and oxygen atoms in total. The first-order valence-corrected chi connectivity index (χ1v) is 5.24. The zero-order valence-electron chi connectivity index (χ0n) is 8.53. The molecule has 0 aromatic heterocycles. The summed E-state index contributed by atoms with van der Waals surface area (Å²) in [5, 5.41) is 0. The van der Waals surface area contributed by atoms with Gasteiger partial charge in [0.1, 0.15) is 5.60 Å². The lowest BCUT2D eigenvalue weighted by Gasteiger charge is -2.33. The maximum Gasteiger partial charge on any atom is 0.330 e. The third kappa shape index (κ3) is 1.29. The van der Waals surface area contributed by atoms with Crippen LogP contribution < -0.4 is 0 Å². The highest BCUT2D eigenvalue weighted by molar-refractivity contribution is 5.81. The summed E-state index contributed by atoms with van der Waals surface area (Å²) in [7, 11) is 0. The fourth-order valence-corrected chi connectivity index (χ4v) is 2.75. The van der Waals surface area contributed by atoms with E-state index in [-0.39, 0.29) is 11.6 Å². The van der Waals surface area contributed by atoms with Crippen molar-refractivity contribution >= 4 is 5.97 Å². The smallest absolute Gasteiger partial charge is 0.330 e. The van der Waals surface area contributed by atoms with Crippen LogP contribution in [0.15, 0.2) is 24.8 Å². The van der Waals surface area contributed by atoms with E-state index in [1.54, 1.807) is 0 Å². The fraction of sp³-hybridized carbons (Fsp3) is 0.583. The molecule has 14 heavy (non-hydrogen) atoms. The number of carbonyl (C=O) groups is 1. The normalized spacial score (nSPS) is 38.6. The zero-order chi connectivity index (χ0) is 10.2. The van der Waals surface area contributed by atoms with Gasteiger partial charge in [0.2, 0.25) is 0 Å². The molecule has 0 aromatic rings. The summed E-state index contributed by atoms with van der Waals surface area (Å²) in [5.74, 6) is 0.770. The van der Waals surface area contributed by atoms with Gasteiger partial charge in [0.05, 0.1) is 0 Å². The minimum absolute atomic E-state index is 0.231. The first-order chi connectivity index (χ1) is 6.70. The van der Waals surface area contributed by atoms with Crippen LogP contribution in [0.25, 0.3) is 0 Å². The van der Waals surface area contributed by atoms with Crippen molar-refractivity contribution in [2.75, 3.05) is 0 Å². The molecular formula is C12H16O2. The van der Waals surface area contributed by atoms with Gasteiger partial charge in [-0.2, -0.15) is 0 Å². The second-order valence-electron chi connectivity index (χ2n) is 4.23. The maximum atomic E-state index is 11.2. The average molecular weight is 192 g/mol. The van der Waals surface area contributed by atoms with Gasteiger partial charge < -0.3 is 4.74 Å². The number of rotatable bonds is 3. The van der Waals surface area contributed by atoms with Crippen molar-refractivity contribution < 1.29 is 9.53 Å². The molecule has 0 saturated heterocycles. The summed E-state index contributed by atoms with van der Waals surface area (Å²) in [5.41, 5.74) is -0.231. The first kappa shape index (κ1) is 9.50. The number of allylic oxidation sites excluding steroid dienone is 1. The van der Waals surface area contributed by atoms with E-state index in [0.29, 0.717) is 11.8 Å². The maximum absolute atomic E-state index is 11.2. The lowest BCUT2D eigenvalue weighted by molar-refractivity contribution is -0.156. The molecule has 2 aliphatic carbocycles. The largest absolute Gasteiger partial charge is 0.455 e. The van der Waals surface area contributed by atoms with Gasteiger partial charge in [0.15, 0.2) is 0 Å². The van der Waals surface area contributed by atoms with E-state index in [1.165, 1.54) is 6.08 Å². The number of hydrogen-bond acceptors (Lipinski definition) is 2. The SMILES string of the molecule is C=CC(=O)OC1(CC)CC2C=CC1C2. The molecule has 3 unspecified atom stereocenters.